The molecule has 1 fully saturated rings. The summed E-state index contributed by atoms with van der Waals surface area (Å²) < 4.78 is 0. The van der Waals surface area contributed by atoms with Gasteiger partial charge in [0.25, 0.3) is 0 Å². The molecule has 0 aromatic rings. The van der Waals surface area contributed by atoms with Gasteiger partial charge in [-0.3, -0.25) is 0 Å². The largest absolute Gasteiger partial charge is 0.396 e. The lowest BCUT2D eigenvalue weighted by molar-refractivity contribution is 0.115. The minimum absolute atomic E-state index is 0.0433. The first kappa shape index (κ1) is 21.6. The Kier molecular flexibility index (Phi) is 11.6. The van der Waals surface area contributed by atoms with Gasteiger partial charge in [0.15, 0.2) is 0 Å². The highest BCUT2D eigenvalue weighted by molar-refractivity contribution is 5.04. The number of aliphatic hydroxyl groups is 4. The Morgan fingerprint density at radius 2 is 1.67 bits per heavy atom. The molecule has 4 nitrogen and oxygen atoms in total. The molecular weight excluding hydrogens is 304 g/mol. The summed E-state index contributed by atoms with van der Waals surface area (Å²) in [6, 6.07) is 0. The second kappa shape index (κ2) is 12.9. The maximum atomic E-state index is 10.2. The number of unbranched alkanes of at least 4 members (excludes halogenated alkanes) is 6. The average Bonchev–Trinajstić information content (AvgIpc) is 2.82. The molecule has 0 heterocycles. The predicted molar refractivity (Wildman–Crippen MR) is 97.7 cm³/mol. The lowest BCUT2D eigenvalue weighted by Gasteiger charge is -2.21. The van der Waals surface area contributed by atoms with Crippen molar-refractivity contribution in [2.24, 2.45) is 11.8 Å². The van der Waals surface area contributed by atoms with Gasteiger partial charge in [-0.2, -0.15) is 0 Å². The van der Waals surface area contributed by atoms with Crippen LogP contribution in [0.2, 0.25) is 0 Å². The zero-order chi connectivity index (χ0) is 17.8. The summed E-state index contributed by atoms with van der Waals surface area (Å²) >= 11 is 0. The Balaban J connectivity index is 2.38. The van der Waals surface area contributed by atoms with E-state index >= 15 is 0 Å². The van der Waals surface area contributed by atoms with Crippen LogP contribution in [0.5, 0.6) is 0 Å². The van der Waals surface area contributed by atoms with Gasteiger partial charge < -0.3 is 20.4 Å². The van der Waals surface area contributed by atoms with Gasteiger partial charge in [-0.25, -0.2) is 0 Å². The van der Waals surface area contributed by atoms with Crippen molar-refractivity contribution in [3.63, 3.8) is 0 Å². The van der Waals surface area contributed by atoms with Crippen molar-refractivity contribution < 1.29 is 20.4 Å². The Bertz CT molecular complexity index is 332. The van der Waals surface area contributed by atoms with Gasteiger partial charge in [0.05, 0.1) is 18.3 Å². The van der Waals surface area contributed by atoms with Crippen molar-refractivity contribution in [2.75, 3.05) is 6.61 Å². The summed E-state index contributed by atoms with van der Waals surface area (Å²) in [7, 11) is 0. The van der Waals surface area contributed by atoms with Crippen LogP contribution in [0.3, 0.4) is 0 Å². The van der Waals surface area contributed by atoms with Gasteiger partial charge in [0.2, 0.25) is 0 Å². The Morgan fingerprint density at radius 1 is 0.958 bits per heavy atom. The van der Waals surface area contributed by atoms with Gasteiger partial charge in [-0.1, -0.05) is 64.0 Å². The van der Waals surface area contributed by atoms with E-state index in [0.29, 0.717) is 6.42 Å². The van der Waals surface area contributed by atoms with Crippen LogP contribution >= 0.6 is 0 Å². The van der Waals surface area contributed by atoms with E-state index in [0.717, 1.165) is 64.2 Å². The highest BCUT2D eigenvalue weighted by Crippen LogP contribution is 2.37. The third-order valence-corrected chi connectivity index (χ3v) is 5.27. The minimum Gasteiger partial charge on any atom is -0.396 e. The van der Waals surface area contributed by atoms with Crippen LogP contribution < -0.4 is 0 Å². The van der Waals surface area contributed by atoms with Crippen molar-refractivity contribution in [3.05, 3.63) is 12.2 Å². The lowest BCUT2D eigenvalue weighted by atomic mass is 9.88. The molecule has 0 radical (unpaired) electrons. The fourth-order valence-electron chi connectivity index (χ4n) is 3.76. The molecule has 5 atom stereocenters. The van der Waals surface area contributed by atoms with Crippen LogP contribution in [-0.4, -0.2) is 45.3 Å². The molecule has 1 rings (SSSR count). The maximum absolute atomic E-state index is 10.2. The molecule has 1 aliphatic carbocycles. The fourth-order valence-corrected chi connectivity index (χ4v) is 3.76. The van der Waals surface area contributed by atoms with Crippen LogP contribution in [-0.2, 0) is 0 Å². The molecule has 4 heteroatoms. The molecule has 0 unspecified atom stereocenters. The standard InChI is InChI=1S/C20H38O4/c1-2-3-7-10-16(22)12-13-18-17(19(23)15-20(18)24)11-8-5-4-6-9-14-21/h12-13,16-24H,2-11,14-15H2,1H3/t16-,17+,18+,19-,20+/m0/s1. The molecule has 0 saturated heterocycles. The summed E-state index contributed by atoms with van der Waals surface area (Å²) in [4.78, 5) is 0. The third-order valence-electron chi connectivity index (χ3n) is 5.27. The molecule has 142 valence electrons. The van der Waals surface area contributed by atoms with E-state index in [9.17, 15) is 15.3 Å². The van der Waals surface area contributed by atoms with Crippen molar-refractivity contribution in [2.45, 2.75) is 95.9 Å². The zero-order valence-electron chi connectivity index (χ0n) is 15.3. The fraction of sp³-hybridized carbons (Fsp3) is 0.900. The molecule has 4 N–H and O–H groups in total. The van der Waals surface area contributed by atoms with Crippen LogP contribution in [0.1, 0.15) is 77.6 Å². The highest BCUT2D eigenvalue weighted by atomic mass is 16.3. The van der Waals surface area contributed by atoms with E-state index < -0.39 is 18.3 Å². The summed E-state index contributed by atoms with van der Waals surface area (Å²) in [5.74, 6) is 0.0511. The van der Waals surface area contributed by atoms with Crippen LogP contribution in [0.4, 0.5) is 0 Å². The normalized spacial score (nSPS) is 28.7. The number of hydrogen-bond acceptors (Lipinski definition) is 4. The number of aliphatic hydroxyl groups excluding tert-OH is 4. The van der Waals surface area contributed by atoms with Crippen molar-refractivity contribution >= 4 is 0 Å². The van der Waals surface area contributed by atoms with Crippen molar-refractivity contribution in [1.82, 2.24) is 0 Å². The Morgan fingerprint density at radius 3 is 2.38 bits per heavy atom. The monoisotopic (exact) mass is 342 g/mol. The van der Waals surface area contributed by atoms with Crippen molar-refractivity contribution in [1.29, 1.82) is 0 Å². The minimum atomic E-state index is -0.501. The third kappa shape index (κ3) is 8.11. The SMILES string of the molecule is CCCCC[C@H](O)C=C[C@@H]1[C@@H](CCCCCCCO)[C@@H](O)C[C@H]1O. The molecular formula is C20H38O4. The second-order valence-electron chi connectivity index (χ2n) is 7.34. The van der Waals surface area contributed by atoms with E-state index in [-0.39, 0.29) is 18.4 Å². The van der Waals surface area contributed by atoms with Gasteiger partial charge in [-0.05, 0) is 25.2 Å². The van der Waals surface area contributed by atoms with E-state index in [2.05, 4.69) is 6.92 Å². The summed E-state index contributed by atoms with van der Waals surface area (Å²) in [6.45, 7) is 2.41. The quantitative estimate of drug-likeness (QED) is 0.306. The molecule has 0 bridgehead atoms. The lowest BCUT2D eigenvalue weighted by Crippen LogP contribution is -2.21. The van der Waals surface area contributed by atoms with Crippen LogP contribution in [0, 0.1) is 11.8 Å². The molecule has 0 aromatic heterocycles. The number of rotatable bonds is 13. The number of hydrogen-bond donors (Lipinski definition) is 4. The first-order valence-electron chi connectivity index (χ1n) is 9.93. The van der Waals surface area contributed by atoms with E-state index in [4.69, 9.17) is 5.11 Å². The second-order valence-corrected chi connectivity index (χ2v) is 7.34. The van der Waals surface area contributed by atoms with E-state index in [1.807, 2.05) is 12.2 Å². The van der Waals surface area contributed by atoms with Gasteiger partial charge in [-0.15, -0.1) is 0 Å². The van der Waals surface area contributed by atoms with Crippen LogP contribution in [0.25, 0.3) is 0 Å². The summed E-state index contributed by atoms with van der Waals surface area (Å²) in [5.41, 5.74) is 0. The van der Waals surface area contributed by atoms with Gasteiger partial charge in [0.1, 0.15) is 0 Å². The molecule has 0 aliphatic heterocycles. The van der Waals surface area contributed by atoms with E-state index in [1.54, 1.807) is 0 Å². The maximum Gasteiger partial charge on any atom is 0.0721 e. The highest BCUT2D eigenvalue weighted by Gasteiger charge is 2.39. The van der Waals surface area contributed by atoms with Gasteiger partial charge in [0, 0.05) is 18.9 Å². The zero-order valence-corrected chi connectivity index (χ0v) is 15.3. The first-order chi connectivity index (χ1) is 11.6. The smallest absolute Gasteiger partial charge is 0.0721 e. The topological polar surface area (TPSA) is 80.9 Å². The molecule has 0 amide bonds. The first-order valence-corrected chi connectivity index (χ1v) is 9.93. The van der Waals surface area contributed by atoms with E-state index in [1.165, 1.54) is 0 Å². The van der Waals surface area contributed by atoms with Crippen molar-refractivity contribution in [3.8, 4) is 0 Å². The molecule has 1 saturated carbocycles. The molecule has 24 heavy (non-hydrogen) atoms. The summed E-state index contributed by atoms with van der Waals surface area (Å²) in [5, 5.41) is 39.2. The summed E-state index contributed by atoms with van der Waals surface area (Å²) in [6.07, 6.45) is 13.0. The Labute approximate surface area is 147 Å². The van der Waals surface area contributed by atoms with Gasteiger partial charge >= 0.3 is 0 Å². The van der Waals surface area contributed by atoms with Crippen LogP contribution in [0.15, 0.2) is 12.2 Å². The predicted octanol–water partition coefficient (Wildman–Crippen LogP) is 3.17. The molecule has 1 aliphatic rings. The Hall–Kier alpha value is -0.420. The molecule has 0 aromatic carbocycles. The molecule has 0 spiro atoms. The average molecular weight is 343 g/mol.